The molecule has 1 heterocycles. The molecule has 0 saturated carbocycles. The summed E-state index contributed by atoms with van der Waals surface area (Å²) in [6, 6.07) is 20.0. The van der Waals surface area contributed by atoms with Crippen molar-refractivity contribution in [1.82, 2.24) is 5.43 Å². The number of hydrogen-bond acceptors (Lipinski definition) is 8. The number of carbonyl (C=O) groups excluding carboxylic acids is 2. The van der Waals surface area contributed by atoms with Crippen LogP contribution in [-0.4, -0.2) is 66.9 Å². The van der Waals surface area contributed by atoms with Gasteiger partial charge in [0.15, 0.2) is 0 Å². The zero-order chi connectivity index (χ0) is 29.0. The van der Waals surface area contributed by atoms with E-state index in [1.54, 1.807) is 43.7 Å². The van der Waals surface area contributed by atoms with E-state index in [2.05, 4.69) is 20.7 Å². The molecule has 0 spiro atoms. The molecule has 1 saturated heterocycles. The summed E-state index contributed by atoms with van der Waals surface area (Å²) in [6.07, 6.45) is 4.16. The monoisotopic (exact) mass is 576 g/mol. The molecule has 0 aliphatic carbocycles. The van der Waals surface area contributed by atoms with Gasteiger partial charge in [-0.3, -0.25) is 9.59 Å². The van der Waals surface area contributed by atoms with Crippen LogP contribution in [0.5, 0.6) is 5.75 Å². The van der Waals surface area contributed by atoms with Gasteiger partial charge in [-0.25, -0.2) is 5.43 Å². The molecule has 4 N–H and O–H groups in total. The minimum absolute atomic E-state index is 0.283. The standard InChI is InChI=1S/C31H36N4O5S/c1-40-27-11-8-22(9-12-27)18-32-34-31(39)28-17-25(35-14-3-2-4-15-35)10-13-29(28)33-30(38)24-7-5-6-23(16-24)20-41-21-26(37)19-36/h5-13,16-18,26,36-37H,2-4,14-15,19-21H2,1H3,(H,33,38)(H,34,39)/b32-18+. The lowest BCUT2D eigenvalue weighted by atomic mass is 10.1. The van der Waals surface area contributed by atoms with Gasteiger partial charge in [0.05, 0.1) is 37.3 Å². The Labute approximate surface area is 244 Å². The predicted molar refractivity (Wildman–Crippen MR) is 164 cm³/mol. The Bertz CT molecular complexity index is 1340. The maximum Gasteiger partial charge on any atom is 0.273 e. The number of ether oxygens (including phenoxy) is 1. The van der Waals surface area contributed by atoms with Gasteiger partial charge >= 0.3 is 0 Å². The number of benzene rings is 3. The lowest BCUT2D eigenvalue weighted by Crippen LogP contribution is -2.30. The van der Waals surface area contributed by atoms with E-state index in [-0.39, 0.29) is 12.5 Å². The molecule has 1 fully saturated rings. The normalized spacial score (nSPS) is 14.1. The van der Waals surface area contributed by atoms with Crippen LogP contribution in [0.25, 0.3) is 0 Å². The highest BCUT2D eigenvalue weighted by atomic mass is 32.2. The van der Waals surface area contributed by atoms with Crippen molar-refractivity contribution in [2.24, 2.45) is 5.10 Å². The van der Waals surface area contributed by atoms with Crippen LogP contribution in [0.15, 0.2) is 71.8 Å². The van der Waals surface area contributed by atoms with E-state index in [1.807, 2.05) is 36.4 Å². The van der Waals surface area contributed by atoms with Crippen molar-refractivity contribution in [3.8, 4) is 5.75 Å². The molecule has 0 bridgehead atoms. The number of anilines is 2. The van der Waals surface area contributed by atoms with E-state index in [4.69, 9.17) is 9.84 Å². The highest BCUT2D eigenvalue weighted by Crippen LogP contribution is 2.27. The highest BCUT2D eigenvalue weighted by Gasteiger charge is 2.19. The van der Waals surface area contributed by atoms with E-state index in [0.717, 1.165) is 48.5 Å². The lowest BCUT2D eigenvalue weighted by Gasteiger charge is -2.29. The van der Waals surface area contributed by atoms with Crippen molar-refractivity contribution in [1.29, 1.82) is 0 Å². The number of nitrogens with one attached hydrogen (secondary N) is 2. The first-order valence-electron chi connectivity index (χ1n) is 13.6. The summed E-state index contributed by atoms with van der Waals surface area (Å²) in [6.45, 7) is 1.56. The third kappa shape index (κ3) is 8.81. The van der Waals surface area contributed by atoms with E-state index >= 15 is 0 Å². The van der Waals surface area contributed by atoms with E-state index < -0.39 is 12.0 Å². The topological polar surface area (TPSA) is 123 Å². The van der Waals surface area contributed by atoms with Gasteiger partial charge in [0.2, 0.25) is 0 Å². The van der Waals surface area contributed by atoms with Gasteiger partial charge in [0.25, 0.3) is 11.8 Å². The first kappa shape index (κ1) is 30.1. The van der Waals surface area contributed by atoms with Gasteiger partial charge in [-0.05, 0) is 85.0 Å². The number of hydrazone groups is 1. The van der Waals surface area contributed by atoms with Crippen LogP contribution in [0.3, 0.4) is 0 Å². The maximum absolute atomic E-state index is 13.3. The fraction of sp³-hybridized carbons (Fsp3) is 0.323. The molecule has 0 radical (unpaired) electrons. The molecule has 0 aromatic heterocycles. The minimum Gasteiger partial charge on any atom is -0.497 e. The van der Waals surface area contributed by atoms with Gasteiger partial charge in [0, 0.05) is 35.8 Å². The van der Waals surface area contributed by atoms with Crippen LogP contribution in [0.4, 0.5) is 11.4 Å². The van der Waals surface area contributed by atoms with Crippen LogP contribution in [0, 0.1) is 0 Å². The first-order chi connectivity index (χ1) is 20.0. The van der Waals surface area contributed by atoms with Crippen LogP contribution in [0.1, 0.15) is 51.1 Å². The number of methoxy groups -OCH3 is 1. The van der Waals surface area contributed by atoms with Crippen molar-refractivity contribution in [2.45, 2.75) is 31.1 Å². The molecule has 1 aliphatic heterocycles. The fourth-order valence-corrected chi connectivity index (χ4v) is 5.37. The average Bonchev–Trinajstić information content (AvgIpc) is 3.02. The van der Waals surface area contributed by atoms with Crippen LogP contribution in [-0.2, 0) is 5.75 Å². The summed E-state index contributed by atoms with van der Waals surface area (Å²) in [4.78, 5) is 28.8. The van der Waals surface area contributed by atoms with Crippen molar-refractivity contribution < 1.29 is 24.5 Å². The van der Waals surface area contributed by atoms with Gasteiger partial charge in [-0.1, -0.05) is 12.1 Å². The molecule has 3 aromatic rings. The number of carbonyl (C=O) groups is 2. The Hall–Kier alpha value is -3.86. The second-order valence-corrected chi connectivity index (χ2v) is 10.8. The van der Waals surface area contributed by atoms with Crippen molar-refractivity contribution in [3.63, 3.8) is 0 Å². The van der Waals surface area contributed by atoms with Gasteiger partial charge in [-0.15, -0.1) is 0 Å². The summed E-state index contributed by atoms with van der Waals surface area (Å²) in [7, 11) is 1.60. The molecule has 10 heteroatoms. The van der Waals surface area contributed by atoms with Crippen molar-refractivity contribution >= 4 is 41.2 Å². The van der Waals surface area contributed by atoms with E-state index in [1.165, 1.54) is 18.2 Å². The fourth-order valence-electron chi connectivity index (χ4n) is 4.46. The molecular formula is C31H36N4O5S. The number of hydrogen-bond donors (Lipinski definition) is 4. The number of aliphatic hydroxyl groups is 2. The second kappa shape index (κ2) is 15.2. The number of amides is 2. The Balaban J connectivity index is 1.50. The van der Waals surface area contributed by atoms with Gasteiger partial charge < -0.3 is 25.2 Å². The summed E-state index contributed by atoms with van der Waals surface area (Å²) in [5.74, 6) is 0.939. The van der Waals surface area contributed by atoms with Gasteiger partial charge in [-0.2, -0.15) is 16.9 Å². The molecule has 1 aliphatic rings. The smallest absolute Gasteiger partial charge is 0.273 e. The van der Waals surface area contributed by atoms with Crippen LogP contribution in [0.2, 0.25) is 0 Å². The van der Waals surface area contributed by atoms with Crippen LogP contribution < -0.4 is 20.4 Å². The van der Waals surface area contributed by atoms with Gasteiger partial charge in [0.1, 0.15) is 5.75 Å². The molecular weight excluding hydrogens is 540 g/mol. The zero-order valence-electron chi connectivity index (χ0n) is 23.1. The number of piperidine rings is 1. The molecule has 1 unspecified atom stereocenters. The molecule has 9 nitrogen and oxygen atoms in total. The van der Waals surface area contributed by atoms with Crippen molar-refractivity contribution in [2.75, 3.05) is 42.8 Å². The Kier molecular flexibility index (Phi) is 11.2. The first-order valence-corrected chi connectivity index (χ1v) is 14.8. The zero-order valence-corrected chi connectivity index (χ0v) is 23.9. The molecule has 2 amide bonds. The number of aliphatic hydroxyl groups excluding tert-OH is 2. The van der Waals surface area contributed by atoms with E-state index in [9.17, 15) is 14.7 Å². The molecule has 3 aromatic carbocycles. The molecule has 216 valence electrons. The minimum atomic E-state index is -0.774. The third-order valence-corrected chi connectivity index (χ3v) is 7.85. The summed E-state index contributed by atoms with van der Waals surface area (Å²) in [5, 5.41) is 25.6. The Morgan fingerprint density at radius 2 is 1.83 bits per heavy atom. The summed E-state index contributed by atoms with van der Waals surface area (Å²) < 4.78 is 5.17. The summed E-state index contributed by atoms with van der Waals surface area (Å²) >= 11 is 1.47. The molecule has 1 atom stereocenters. The quantitative estimate of drug-likeness (QED) is 0.187. The Morgan fingerprint density at radius 3 is 2.56 bits per heavy atom. The number of thioether (sulfide) groups is 1. The van der Waals surface area contributed by atoms with Crippen molar-refractivity contribution in [3.05, 3.63) is 89.0 Å². The second-order valence-electron chi connectivity index (χ2n) is 9.76. The summed E-state index contributed by atoms with van der Waals surface area (Å²) in [5.41, 5.74) is 6.39. The molecule has 41 heavy (non-hydrogen) atoms. The number of nitrogens with zero attached hydrogens (tertiary/aromatic N) is 2. The lowest BCUT2D eigenvalue weighted by molar-refractivity contribution is 0.0956. The molecule has 4 rings (SSSR count). The van der Waals surface area contributed by atoms with E-state index in [0.29, 0.717) is 28.3 Å². The average molecular weight is 577 g/mol. The highest BCUT2D eigenvalue weighted by molar-refractivity contribution is 7.98. The SMILES string of the molecule is COc1ccc(/C=N/NC(=O)c2cc(N3CCCCC3)ccc2NC(=O)c2cccc(CSCC(O)CO)c2)cc1. The Morgan fingerprint density at radius 1 is 1.05 bits per heavy atom. The number of rotatable bonds is 12. The predicted octanol–water partition coefficient (Wildman–Crippen LogP) is 4.29. The third-order valence-electron chi connectivity index (χ3n) is 6.69. The maximum atomic E-state index is 13.3. The van der Waals surface area contributed by atoms with Crippen LogP contribution >= 0.6 is 11.8 Å². The largest absolute Gasteiger partial charge is 0.497 e.